The second-order valence-corrected chi connectivity index (χ2v) is 5.56. The zero-order chi connectivity index (χ0) is 8.65. The monoisotopic (exact) mass is 237 g/mol. The van der Waals surface area contributed by atoms with Gasteiger partial charge >= 0.3 is 0 Å². The van der Waals surface area contributed by atoms with Gasteiger partial charge in [0, 0.05) is 5.41 Å². The van der Waals surface area contributed by atoms with Gasteiger partial charge in [-0.05, 0) is 15.9 Å². The summed E-state index contributed by atoms with van der Waals surface area (Å²) < 4.78 is 13.6. The summed E-state index contributed by atoms with van der Waals surface area (Å²) in [5, 5.41) is -0.190. The Hall–Kier alpha value is 0.0400. The van der Waals surface area contributed by atoms with Gasteiger partial charge in [0.2, 0.25) is 5.13 Å². The van der Waals surface area contributed by atoms with E-state index in [4.69, 9.17) is 0 Å². The highest BCUT2D eigenvalue weighted by Crippen LogP contribution is 2.30. The first-order valence-corrected chi connectivity index (χ1v) is 4.84. The first-order valence-electron chi connectivity index (χ1n) is 3.23. The minimum Gasteiger partial charge on any atom is -0.230 e. The second-order valence-electron chi connectivity index (χ2n) is 3.34. The molecule has 0 amide bonds. The zero-order valence-electron chi connectivity index (χ0n) is 6.61. The molecule has 1 aromatic heterocycles. The molecule has 0 aromatic carbocycles. The van der Waals surface area contributed by atoms with Crippen molar-refractivity contribution < 1.29 is 4.39 Å². The number of thiazole rings is 1. The maximum atomic E-state index is 13.0. The van der Waals surface area contributed by atoms with Crippen LogP contribution in [-0.4, -0.2) is 4.98 Å². The van der Waals surface area contributed by atoms with Crippen molar-refractivity contribution in [1.29, 1.82) is 0 Å². The molecule has 0 aliphatic rings. The molecule has 0 unspecified atom stereocenters. The van der Waals surface area contributed by atoms with Crippen LogP contribution in [-0.2, 0) is 5.41 Å². The van der Waals surface area contributed by atoms with Gasteiger partial charge in [-0.1, -0.05) is 32.1 Å². The van der Waals surface area contributed by atoms with Crippen LogP contribution in [0.15, 0.2) is 3.92 Å². The predicted molar refractivity (Wildman–Crippen MR) is 48.5 cm³/mol. The minimum atomic E-state index is -0.202. The minimum absolute atomic E-state index is 0.190. The van der Waals surface area contributed by atoms with Gasteiger partial charge in [-0.2, -0.15) is 4.39 Å². The van der Waals surface area contributed by atoms with Crippen LogP contribution in [0, 0.1) is 5.13 Å². The first-order chi connectivity index (χ1) is 4.91. The van der Waals surface area contributed by atoms with Crippen LogP contribution >= 0.6 is 27.3 Å². The van der Waals surface area contributed by atoms with Crippen molar-refractivity contribution in [2.75, 3.05) is 0 Å². The summed E-state index contributed by atoms with van der Waals surface area (Å²) in [6.45, 7) is 5.83. The molecule has 1 aromatic rings. The van der Waals surface area contributed by atoms with Gasteiger partial charge in [0.1, 0.15) is 0 Å². The standard InChI is InChI=1S/C7H9BrFNS/c1-7(2,3)4-5(9)11-6(8)10-4/h1-3H3. The molecule has 0 saturated heterocycles. The maximum Gasteiger partial charge on any atom is 0.200 e. The molecule has 1 rings (SSSR count). The third-order valence-corrected chi connectivity index (χ3v) is 2.57. The maximum absolute atomic E-state index is 13.0. The van der Waals surface area contributed by atoms with Gasteiger partial charge in [-0.15, -0.1) is 0 Å². The summed E-state index contributed by atoms with van der Waals surface area (Å²) in [4.78, 5) is 4.04. The van der Waals surface area contributed by atoms with Crippen molar-refractivity contribution in [2.45, 2.75) is 26.2 Å². The molecule has 0 atom stereocenters. The van der Waals surface area contributed by atoms with Crippen molar-refractivity contribution in [2.24, 2.45) is 0 Å². The highest BCUT2D eigenvalue weighted by Gasteiger charge is 2.22. The Balaban J connectivity index is 3.13. The summed E-state index contributed by atoms with van der Waals surface area (Å²) in [7, 11) is 0. The van der Waals surface area contributed by atoms with Crippen LogP contribution < -0.4 is 0 Å². The lowest BCUT2D eigenvalue weighted by atomic mass is 9.93. The lowest BCUT2D eigenvalue weighted by Gasteiger charge is -2.14. The van der Waals surface area contributed by atoms with Gasteiger partial charge < -0.3 is 0 Å². The number of nitrogens with zero attached hydrogens (tertiary/aromatic N) is 1. The van der Waals surface area contributed by atoms with Crippen LogP contribution in [0.1, 0.15) is 26.5 Å². The SMILES string of the molecule is CC(C)(C)c1nc(Br)sc1F. The van der Waals surface area contributed by atoms with E-state index in [2.05, 4.69) is 20.9 Å². The van der Waals surface area contributed by atoms with Gasteiger partial charge in [0.05, 0.1) is 5.69 Å². The van der Waals surface area contributed by atoms with Crippen LogP contribution in [0.4, 0.5) is 4.39 Å². The highest BCUT2D eigenvalue weighted by atomic mass is 79.9. The Bertz CT molecular complexity index is 264. The normalized spacial score (nSPS) is 12.1. The molecule has 0 N–H and O–H groups in total. The Morgan fingerprint density at radius 1 is 1.45 bits per heavy atom. The average Bonchev–Trinajstić information content (AvgIpc) is 2.08. The van der Waals surface area contributed by atoms with Gasteiger partial charge in [-0.3, -0.25) is 0 Å². The smallest absolute Gasteiger partial charge is 0.200 e. The van der Waals surface area contributed by atoms with Gasteiger partial charge in [0.25, 0.3) is 0 Å². The lowest BCUT2D eigenvalue weighted by molar-refractivity contribution is 0.520. The van der Waals surface area contributed by atoms with E-state index in [-0.39, 0.29) is 10.5 Å². The molecular formula is C7H9BrFNS. The Kier molecular flexibility index (Phi) is 2.35. The van der Waals surface area contributed by atoms with Crippen molar-refractivity contribution >= 4 is 27.3 Å². The van der Waals surface area contributed by atoms with Crippen LogP contribution in [0.25, 0.3) is 0 Å². The molecular weight excluding hydrogens is 229 g/mol. The Labute approximate surface area is 77.8 Å². The molecule has 1 heterocycles. The third-order valence-electron chi connectivity index (χ3n) is 1.27. The van der Waals surface area contributed by atoms with Crippen molar-refractivity contribution in [3.8, 4) is 0 Å². The Morgan fingerprint density at radius 2 is 2.00 bits per heavy atom. The predicted octanol–water partition coefficient (Wildman–Crippen LogP) is 3.34. The number of aromatic nitrogens is 1. The summed E-state index contributed by atoms with van der Waals surface area (Å²) in [6.07, 6.45) is 0. The average molecular weight is 238 g/mol. The molecule has 0 bridgehead atoms. The fraction of sp³-hybridized carbons (Fsp3) is 0.571. The summed E-state index contributed by atoms with van der Waals surface area (Å²) in [5.74, 6) is 0. The van der Waals surface area contributed by atoms with E-state index in [9.17, 15) is 4.39 Å². The lowest BCUT2D eigenvalue weighted by Crippen LogP contribution is -2.13. The van der Waals surface area contributed by atoms with Gasteiger partial charge in [-0.25, -0.2) is 4.98 Å². The quantitative estimate of drug-likeness (QED) is 0.675. The molecule has 0 fully saturated rings. The molecule has 0 spiro atoms. The van der Waals surface area contributed by atoms with E-state index >= 15 is 0 Å². The van der Waals surface area contributed by atoms with E-state index in [0.29, 0.717) is 9.61 Å². The molecule has 0 aliphatic carbocycles. The van der Waals surface area contributed by atoms with E-state index in [1.807, 2.05) is 20.8 Å². The topological polar surface area (TPSA) is 12.9 Å². The van der Waals surface area contributed by atoms with E-state index in [1.54, 1.807) is 0 Å². The van der Waals surface area contributed by atoms with E-state index < -0.39 is 0 Å². The van der Waals surface area contributed by atoms with Crippen molar-refractivity contribution in [3.63, 3.8) is 0 Å². The summed E-state index contributed by atoms with van der Waals surface area (Å²) in [6, 6.07) is 0. The van der Waals surface area contributed by atoms with Crippen LogP contribution in [0.5, 0.6) is 0 Å². The molecule has 0 saturated carbocycles. The van der Waals surface area contributed by atoms with Crippen LogP contribution in [0.2, 0.25) is 0 Å². The largest absolute Gasteiger partial charge is 0.230 e. The van der Waals surface area contributed by atoms with Crippen molar-refractivity contribution in [3.05, 3.63) is 14.7 Å². The molecule has 0 aliphatic heterocycles. The Morgan fingerprint density at radius 3 is 2.18 bits per heavy atom. The zero-order valence-corrected chi connectivity index (χ0v) is 9.01. The summed E-state index contributed by atoms with van der Waals surface area (Å²) >= 11 is 4.18. The van der Waals surface area contributed by atoms with Crippen molar-refractivity contribution in [1.82, 2.24) is 4.98 Å². The molecule has 1 nitrogen and oxygen atoms in total. The number of hydrogen-bond donors (Lipinski definition) is 0. The number of rotatable bonds is 0. The fourth-order valence-electron chi connectivity index (χ4n) is 0.739. The van der Waals surface area contributed by atoms with E-state index in [1.165, 1.54) is 0 Å². The number of halogens is 2. The first kappa shape index (κ1) is 9.13. The molecule has 62 valence electrons. The second kappa shape index (κ2) is 2.83. The summed E-state index contributed by atoms with van der Waals surface area (Å²) in [5.41, 5.74) is 0.335. The third kappa shape index (κ3) is 1.99. The highest BCUT2D eigenvalue weighted by molar-refractivity contribution is 9.11. The van der Waals surface area contributed by atoms with E-state index in [0.717, 1.165) is 11.3 Å². The molecule has 11 heavy (non-hydrogen) atoms. The molecule has 0 radical (unpaired) electrons. The fourth-order valence-corrected chi connectivity index (χ4v) is 2.08. The number of hydrogen-bond acceptors (Lipinski definition) is 2. The molecule has 4 heteroatoms. The van der Waals surface area contributed by atoms with Crippen LogP contribution in [0.3, 0.4) is 0 Å². The van der Waals surface area contributed by atoms with Gasteiger partial charge in [0.15, 0.2) is 3.92 Å².